The van der Waals surface area contributed by atoms with E-state index >= 15 is 0 Å². The molecule has 8 heteroatoms. The van der Waals surface area contributed by atoms with E-state index in [9.17, 15) is 22.0 Å². The number of rotatable bonds is 2. The van der Waals surface area contributed by atoms with Gasteiger partial charge in [0.05, 0.1) is 23.5 Å². The number of hydrogen-bond donors (Lipinski definition) is 0. The Morgan fingerprint density at radius 3 is 2.35 bits per heavy atom. The first-order chi connectivity index (χ1) is 10.6. The van der Waals surface area contributed by atoms with Crippen LogP contribution in [0.5, 0.6) is 0 Å². The van der Waals surface area contributed by atoms with Crippen molar-refractivity contribution in [1.29, 1.82) is 0 Å². The molecule has 0 unspecified atom stereocenters. The van der Waals surface area contributed by atoms with Gasteiger partial charge in [-0.25, -0.2) is 8.78 Å². The number of allylic oxidation sites excluding steroid dienone is 1. The molecule has 0 radical (unpaired) electrons. The quantitative estimate of drug-likeness (QED) is 0.647. The minimum atomic E-state index is -4.48. The molecular weight excluding hydrogens is 383 g/mol. The number of halogens is 6. The minimum absolute atomic E-state index is 0.0144. The maximum Gasteiger partial charge on any atom is 0.418 e. The summed E-state index contributed by atoms with van der Waals surface area (Å²) in [5, 5.41) is 3.01. The van der Waals surface area contributed by atoms with Crippen LogP contribution >= 0.6 is 15.9 Å². The van der Waals surface area contributed by atoms with Crippen LogP contribution in [0, 0.1) is 5.92 Å². The third kappa shape index (κ3) is 2.93. The second-order valence-electron chi connectivity index (χ2n) is 5.85. The molecule has 2 aliphatic rings. The van der Waals surface area contributed by atoms with E-state index in [0.717, 1.165) is 6.07 Å². The van der Waals surface area contributed by atoms with Gasteiger partial charge in [-0.1, -0.05) is 28.1 Å². The van der Waals surface area contributed by atoms with Gasteiger partial charge in [0.2, 0.25) is 5.92 Å². The van der Waals surface area contributed by atoms with Crippen molar-refractivity contribution in [3.63, 3.8) is 0 Å². The lowest BCUT2D eigenvalue weighted by molar-refractivity contribution is -0.137. The molecule has 0 aromatic heterocycles. The van der Waals surface area contributed by atoms with Crippen LogP contribution < -0.4 is 5.01 Å². The summed E-state index contributed by atoms with van der Waals surface area (Å²) in [6.45, 7) is 0.195. The van der Waals surface area contributed by atoms with Crippen molar-refractivity contribution in [3.05, 3.63) is 40.0 Å². The van der Waals surface area contributed by atoms with Crippen molar-refractivity contribution in [2.45, 2.75) is 24.9 Å². The SMILES string of the molecule is CN1C(C2CC(F)(F)C2)=C(Br)CN1c1ccccc1C(F)(F)F. The highest BCUT2D eigenvalue weighted by Gasteiger charge is 2.50. The first kappa shape index (κ1) is 16.5. The number of para-hydroxylation sites is 1. The summed E-state index contributed by atoms with van der Waals surface area (Å²) in [4.78, 5) is 0. The molecule has 1 aromatic rings. The molecule has 0 atom stereocenters. The first-order valence-electron chi connectivity index (χ1n) is 7.04. The fraction of sp³-hybridized carbons (Fsp3) is 0.467. The average molecular weight is 397 g/mol. The second-order valence-corrected chi connectivity index (χ2v) is 6.80. The van der Waals surface area contributed by atoms with E-state index in [1.807, 2.05) is 0 Å². The summed E-state index contributed by atoms with van der Waals surface area (Å²) in [5.74, 6) is -3.02. The van der Waals surface area contributed by atoms with Gasteiger partial charge in [-0.05, 0) is 12.1 Å². The van der Waals surface area contributed by atoms with Crippen LogP contribution in [0.3, 0.4) is 0 Å². The van der Waals surface area contributed by atoms with Crippen molar-refractivity contribution in [1.82, 2.24) is 5.01 Å². The highest BCUT2D eigenvalue weighted by Crippen LogP contribution is 2.50. The third-order valence-corrected chi connectivity index (χ3v) is 4.90. The molecule has 23 heavy (non-hydrogen) atoms. The Labute approximate surface area is 138 Å². The largest absolute Gasteiger partial charge is 0.418 e. The van der Waals surface area contributed by atoms with Crippen molar-refractivity contribution in [3.8, 4) is 0 Å². The van der Waals surface area contributed by atoms with Crippen molar-refractivity contribution in [2.24, 2.45) is 5.92 Å². The normalized spacial score (nSPS) is 21.9. The standard InChI is InChI=1S/C15H14BrF5N2/c1-22-13(9-6-14(17,18)7-9)11(16)8-23(22)12-5-3-2-4-10(12)15(19,20)21/h2-5,9H,6-8H2,1H3. The van der Waals surface area contributed by atoms with Gasteiger partial charge in [-0.3, -0.25) is 10.0 Å². The highest BCUT2D eigenvalue weighted by atomic mass is 79.9. The number of alkyl halides is 5. The zero-order chi connectivity index (χ0) is 17.0. The topological polar surface area (TPSA) is 6.48 Å². The molecule has 126 valence electrons. The monoisotopic (exact) mass is 396 g/mol. The van der Waals surface area contributed by atoms with E-state index in [2.05, 4.69) is 15.9 Å². The number of hydrogen-bond acceptors (Lipinski definition) is 2. The van der Waals surface area contributed by atoms with Crippen LogP contribution in [0.4, 0.5) is 27.6 Å². The maximum absolute atomic E-state index is 13.2. The van der Waals surface area contributed by atoms with Crippen LogP contribution in [-0.4, -0.2) is 24.5 Å². The number of hydrazine groups is 1. The van der Waals surface area contributed by atoms with Gasteiger partial charge < -0.3 is 0 Å². The molecule has 1 heterocycles. The Balaban J connectivity index is 1.88. The van der Waals surface area contributed by atoms with Crippen molar-refractivity contribution in [2.75, 3.05) is 18.6 Å². The zero-order valence-electron chi connectivity index (χ0n) is 12.2. The van der Waals surface area contributed by atoms with Crippen LogP contribution in [-0.2, 0) is 6.18 Å². The number of anilines is 1. The molecule has 0 saturated heterocycles. The van der Waals surface area contributed by atoms with Crippen LogP contribution in [0.15, 0.2) is 34.4 Å². The summed E-state index contributed by atoms with van der Waals surface area (Å²) < 4.78 is 66.5. The molecule has 0 bridgehead atoms. The van der Waals surface area contributed by atoms with Gasteiger partial charge in [0.25, 0.3) is 0 Å². The summed E-state index contributed by atoms with van der Waals surface area (Å²) in [6, 6.07) is 5.27. The number of benzene rings is 1. The Bertz CT molecular complexity index is 648. The third-order valence-electron chi connectivity index (χ3n) is 4.24. The lowest BCUT2D eigenvalue weighted by atomic mass is 9.79. The molecule has 1 aromatic carbocycles. The zero-order valence-corrected chi connectivity index (χ0v) is 13.8. The molecular formula is C15H14BrF5N2. The van der Waals surface area contributed by atoms with E-state index < -0.39 is 17.7 Å². The van der Waals surface area contributed by atoms with Gasteiger partial charge in [0.1, 0.15) is 0 Å². The first-order valence-corrected chi connectivity index (χ1v) is 7.83. The second kappa shape index (κ2) is 5.36. The smallest absolute Gasteiger partial charge is 0.291 e. The van der Waals surface area contributed by atoms with Crippen LogP contribution in [0.1, 0.15) is 18.4 Å². The van der Waals surface area contributed by atoms with E-state index in [0.29, 0.717) is 10.2 Å². The molecule has 0 N–H and O–H groups in total. The minimum Gasteiger partial charge on any atom is -0.291 e. The number of nitrogens with zero attached hydrogens (tertiary/aromatic N) is 2. The van der Waals surface area contributed by atoms with Crippen molar-refractivity contribution < 1.29 is 22.0 Å². The molecule has 0 amide bonds. The Kier molecular flexibility index (Phi) is 3.85. The summed E-state index contributed by atoms with van der Waals surface area (Å²) >= 11 is 3.34. The van der Waals surface area contributed by atoms with Gasteiger partial charge in [0.15, 0.2) is 0 Å². The molecule has 1 aliphatic carbocycles. The summed E-state index contributed by atoms with van der Waals surface area (Å²) in [6.07, 6.45) is -5.01. The molecule has 1 saturated carbocycles. The van der Waals surface area contributed by atoms with Gasteiger partial charge in [-0.2, -0.15) is 13.2 Å². The van der Waals surface area contributed by atoms with E-state index in [-0.39, 0.29) is 31.0 Å². The summed E-state index contributed by atoms with van der Waals surface area (Å²) in [5.41, 5.74) is -0.0965. The molecule has 2 nitrogen and oxygen atoms in total. The highest BCUT2D eigenvalue weighted by molar-refractivity contribution is 9.11. The van der Waals surface area contributed by atoms with Crippen LogP contribution in [0.2, 0.25) is 0 Å². The molecule has 0 spiro atoms. The van der Waals surface area contributed by atoms with Gasteiger partial charge >= 0.3 is 6.18 Å². The maximum atomic E-state index is 13.2. The van der Waals surface area contributed by atoms with E-state index in [4.69, 9.17) is 0 Å². The average Bonchev–Trinajstić information content (AvgIpc) is 2.70. The van der Waals surface area contributed by atoms with Gasteiger partial charge in [0, 0.05) is 30.3 Å². The van der Waals surface area contributed by atoms with Crippen molar-refractivity contribution >= 4 is 21.6 Å². The van der Waals surface area contributed by atoms with Gasteiger partial charge in [-0.15, -0.1) is 0 Å². The lowest BCUT2D eigenvalue weighted by Gasteiger charge is -2.40. The Morgan fingerprint density at radius 2 is 1.78 bits per heavy atom. The summed E-state index contributed by atoms with van der Waals surface area (Å²) in [7, 11) is 1.60. The molecule has 1 fully saturated rings. The van der Waals surface area contributed by atoms with E-state index in [1.165, 1.54) is 23.2 Å². The fourth-order valence-electron chi connectivity index (χ4n) is 3.15. The predicted octanol–water partition coefficient (Wildman–Crippen LogP) is 5.02. The molecule has 3 rings (SSSR count). The van der Waals surface area contributed by atoms with E-state index in [1.54, 1.807) is 12.1 Å². The Hall–Kier alpha value is -1.31. The van der Waals surface area contributed by atoms with Crippen LogP contribution in [0.25, 0.3) is 0 Å². The predicted molar refractivity (Wildman–Crippen MR) is 80.2 cm³/mol. The molecule has 1 aliphatic heterocycles. The Morgan fingerprint density at radius 1 is 1.17 bits per heavy atom. The fourth-order valence-corrected chi connectivity index (χ4v) is 3.97. The lowest BCUT2D eigenvalue weighted by Crippen LogP contribution is -2.43.